The number of nitrogens with zero attached hydrogens (tertiary/aromatic N) is 1. The van der Waals surface area contributed by atoms with E-state index in [9.17, 15) is 24.3 Å². The van der Waals surface area contributed by atoms with Gasteiger partial charge >= 0.3 is 11.9 Å². The molecule has 0 radical (unpaired) electrons. The van der Waals surface area contributed by atoms with Gasteiger partial charge in [-0.1, -0.05) is 25.1 Å². The van der Waals surface area contributed by atoms with Crippen LogP contribution >= 0.6 is 11.8 Å². The average Bonchev–Trinajstić information content (AvgIpc) is 2.75. The van der Waals surface area contributed by atoms with Crippen LogP contribution in [0, 0.1) is 0 Å². The maximum Gasteiger partial charge on any atom is 0.352 e. The molecule has 3 rings (SSSR count). The van der Waals surface area contributed by atoms with Crippen molar-refractivity contribution in [2.45, 2.75) is 24.9 Å². The second-order valence-corrected chi connectivity index (χ2v) is 7.93. The summed E-state index contributed by atoms with van der Waals surface area (Å²) in [6, 6.07) is 8.77. The maximum atomic E-state index is 13.1. The zero-order valence-electron chi connectivity index (χ0n) is 17.0. The first-order valence-corrected chi connectivity index (χ1v) is 10.6. The second kappa shape index (κ2) is 9.40. The number of carboxylic acids is 1. The largest absolute Gasteiger partial charge is 0.484 e. The molecule has 1 aromatic rings. The lowest BCUT2D eigenvalue weighted by atomic mass is 9.94. The van der Waals surface area contributed by atoms with Crippen LogP contribution in [0.15, 0.2) is 41.6 Å². The Bertz CT molecular complexity index is 921. The number of benzene rings is 1. The minimum atomic E-state index is -1.45. The Balaban J connectivity index is 1.77. The lowest BCUT2D eigenvalue weighted by Gasteiger charge is -2.57. The molecule has 166 valence electrons. The Morgan fingerprint density at radius 2 is 2.00 bits per heavy atom. The molecule has 2 heterocycles. The van der Waals surface area contributed by atoms with Gasteiger partial charge in [-0.25, -0.2) is 4.79 Å². The maximum absolute atomic E-state index is 13.1. The molecule has 0 aromatic heterocycles. The summed E-state index contributed by atoms with van der Waals surface area (Å²) in [7, 11) is 0. The Hall–Kier alpha value is -3.05. The third kappa shape index (κ3) is 4.52. The predicted molar refractivity (Wildman–Crippen MR) is 111 cm³/mol. The number of aliphatic carboxylic acids is 1. The van der Waals surface area contributed by atoms with Gasteiger partial charge in [0.15, 0.2) is 6.61 Å². The number of nitrogens with one attached hydrogen (secondary N) is 2. The van der Waals surface area contributed by atoms with Gasteiger partial charge in [0.25, 0.3) is 11.8 Å². The first-order chi connectivity index (χ1) is 14.8. The molecular weight excluding hydrogens is 426 g/mol. The van der Waals surface area contributed by atoms with Crippen LogP contribution in [0.4, 0.5) is 0 Å². The highest BCUT2D eigenvalue weighted by Gasteiger charge is 2.65. The van der Waals surface area contributed by atoms with Crippen LogP contribution in [0.5, 0.6) is 5.75 Å². The first kappa shape index (κ1) is 22.6. The summed E-state index contributed by atoms with van der Waals surface area (Å²) < 4.78 is 10.4. The molecule has 1 aromatic carbocycles. The fourth-order valence-electron chi connectivity index (χ4n) is 3.44. The highest BCUT2D eigenvalue weighted by Crippen LogP contribution is 2.45. The molecule has 0 unspecified atom stereocenters. The molecule has 2 amide bonds. The third-order valence-electron chi connectivity index (χ3n) is 4.71. The normalized spacial score (nSPS) is 22.3. The van der Waals surface area contributed by atoms with Gasteiger partial charge in [-0.3, -0.25) is 24.6 Å². The van der Waals surface area contributed by atoms with Crippen molar-refractivity contribution in [2.24, 2.45) is 0 Å². The van der Waals surface area contributed by atoms with Crippen molar-refractivity contribution in [1.82, 2.24) is 15.5 Å². The fraction of sp³-hybridized carbons (Fsp3) is 0.400. The van der Waals surface area contributed by atoms with E-state index in [1.807, 2.05) is 6.07 Å². The Morgan fingerprint density at radius 1 is 1.29 bits per heavy atom. The van der Waals surface area contributed by atoms with Gasteiger partial charge in [0.1, 0.15) is 23.4 Å². The Kier molecular flexibility index (Phi) is 6.86. The smallest absolute Gasteiger partial charge is 0.352 e. The highest BCUT2D eigenvalue weighted by atomic mass is 32.2. The van der Waals surface area contributed by atoms with Crippen LogP contribution < -0.4 is 15.4 Å². The number of rotatable bonds is 9. The van der Waals surface area contributed by atoms with Crippen molar-refractivity contribution in [3.8, 4) is 5.75 Å². The number of carbonyl (C=O) groups is 4. The number of likely N-dealkylation sites (N-methyl/N-ethyl adjacent to an activating group) is 1. The number of esters is 1. The number of ether oxygens (including phenoxy) is 2. The van der Waals surface area contributed by atoms with Crippen molar-refractivity contribution >= 4 is 35.5 Å². The van der Waals surface area contributed by atoms with Crippen LogP contribution in [-0.4, -0.2) is 70.3 Å². The number of hydrogen-bond donors (Lipinski definition) is 3. The Morgan fingerprint density at radius 3 is 2.61 bits per heavy atom. The number of fused-ring (bicyclic) bond motifs is 1. The van der Waals surface area contributed by atoms with Crippen molar-refractivity contribution in [3.05, 3.63) is 41.6 Å². The van der Waals surface area contributed by atoms with E-state index in [1.54, 1.807) is 31.2 Å². The molecule has 10 nitrogen and oxygen atoms in total. The average molecular weight is 449 g/mol. The number of para-hydroxylation sites is 1. The number of amides is 2. The van der Waals surface area contributed by atoms with Crippen molar-refractivity contribution in [3.63, 3.8) is 0 Å². The molecule has 2 aliphatic rings. The van der Waals surface area contributed by atoms with E-state index < -0.39 is 34.8 Å². The number of hydrogen-bond acceptors (Lipinski definition) is 8. The minimum absolute atomic E-state index is 0.216. The monoisotopic (exact) mass is 449 g/mol. The van der Waals surface area contributed by atoms with E-state index >= 15 is 0 Å². The van der Waals surface area contributed by atoms with Gasteiger partial charge in [0.2, 0.25) is 5.66 Å². The van der Waals surface area contributed by atoms with Crippen LogP contribution in [-0.2, 0) is 23.9 Å². The fourth-order valence-corrected chi connectivity index (χ4v) is 4.86. The molecule has 0 spiro atoms. The lowest BCUT2D eigenvalue weighted by Crippen LogP contribution is -2.85. The minimum Gasteiger partial charge on any atom is -0.484 e. The van der Waals surface area contributed by atoms with E-state index in [1.165, 1.54) is 18.7 Å². The predicted octanol–water partition coefficient (Wildman–Crippen LogP) is 0.304. The molecule has 0 bridgehead atoms. The van der Waals surface area contributed by atoms with E-state index in [-0.39, 0.29) is 24.7 Å². The molecule has 0 aliphatic carbocycles. The zero-order chi connectivity index (χ0) is 22.6. The summed E-state index contributed by atoms with van der Waals surface area (Å²) in [6.45, 7) is 2.84. The zero-order valence-corrected chi connectivity index (χ0v) is 17.9. The van der Waals surface area contributed by atoms with Crippen molar-refractivity contribution in [1.29, 1.82) is 0 Å². The second-order valence-electron chi connectivity index (χ2n) is 6.86. The van der Waals surface area contributed by atoms with Gasteiger partial charge in [-0.2, -0.15) is 0 Å². The van der Waals surface area contributed by atoms with Crippen LogP contribution in [0.1, 0.15) is 13.8 Å². The third-order valence-corrected chi connectivity index (χ3v) is 6.11. The number of carbonyl (C=O) groups excluding carboxylic acids is 3. The number of β-lactam (4-membered cyclic amide) rings is 1. The summed E-state index contributed by atoms with van der Waals surface area (Å²) in [5.41, 5.74) is -1.36. The molecule has 11 heteroatoms. The topological polar surface area (TPSA) is 134 Å². The summed E-state index contributed by atoms with van der Waals surface area (Å²) in [6.07, 6.45) is 0. The van der Waals surface area contributed by atoms with E-state index in [4.69, 9.17) is 9.47 Å². The summed E-state index contributed by atoms with van der Waals surface area (Å²) in [4.78, 5) is 49.7. The molecule has 1 saturated heterocycles. The molecule has 2 aliphatic heterocycles. The van der Waals surface area contributed by atoms with Crippen molar-refractivity contribution in [2.75, 3.05) is 25.5 Å². The molecule has 3 N–H and O–H groups in total. The SMILES string of the molecule is CCN[C@]1(NC(=O)COc2ccccc2)C(=O)N2C(C(=O)O)=C(COC(C)=O)CS[C@@H]21. The van der Waals surface area contributed by atoms with Crippen LogP contribution in [0.2, 0.25) is 0 Å². The van der Waals surface area contributed by atoms with Crippen LogP contribution in [0.3, 0.4) is 0 Å². The van der Waals surface area contributed by atoms with Gasteiger partial charge in [-0.05, 0) is 18.7 Å². The molecule has 2 atom stereocenters. The Labute approximate surface area is 182 Å². The van der Waals surface area contributed by atoms with Gasteiger partial charge in [0, 0.05) is 18.2 Å². The summed E-state index contributed by atoms with van der Waals surface area (Å²) in [5, 5.41) is 14.7. The molecule has 0 saturated carbocycles. The molecule has 31 heavy (non-hydrogen) atoms. The first-order valence-electron chi connectivity index (χ1n) is 9.58. The van der Waals surface area contributed by atoms with Crippen LogP contribution in [0.25, 0.3) is 0 Å². The molecular formula is C20H23N3O7S. The van der Waals surface area contributed by atoms with Gasteiger partial charge in [0.05, 0.1) is 0 Å². The summed E-state index contributed by atoms with van der Waals surface area (Å²) >= 11 is 1.28. The van der Waals surface area contributed by atoms with E-state index in [0.29, 0.717) is 17.9 Å². The van der Waals surface area contributed by atoms with Gasteiger partial charge < -0.3 is 19.9 Å². The van der Waals surface area contributed by atoms with Gasteiger partial charge in [-0.15, -0.1) is 11.8 Å². The van der Waals surface area contributed by atoms with E-state index in [2.05, 4.69) is 10.6 Å². The quantitative estimate of drug-likeness (QED) is 0.276. The standard InChI is InChI=1S/C20H23N3O7S/c1-3-21-20(22-15(25)10-30-14-7-5-4-6-8-14)18(28)23-16(17(26)27)13(9-29-12(2)24)11-31-19(20)23/h4-8,19,21H,3,9-11H2,1-2H3,(H,22,25)(H,26,27)/t19-,20+/m1/s1. The lowest BCUT2D eigenvalue weighted by molar-refractivity contribution is -0.162. The number of thioether (sulfide) groups is 1. The van der Waals surface area contributed by atoms with Crippen molar-refractivity contribution < 1.29 is 33.8 Å². The summed E-state index contributed by atoms with van der Waals surface area (Å²) in [5.74, 6) is -2.23. The van der Waals surface area contributed by atoms with E-state index in [0.717, 1.165) is 4.90 Å². The number of carboxylic acid groups (broad SMARTS) is 1. The molecule has 1 fully saturated rings. The highest BCUT2D eigenvalue weighted by molar-refractivity contribution is 8.00.